The average molecular weight is 426 g/mol. The minimum Gasteiger partial charge on any atom is -0.352 e. The molecule has 0 radical (unpaired) electrons. The van der Waals surface area contributed by atoms with E-state index >= 15 is 0 Å². The fraction of sp³-hybridized carbons (Fsp3) is 0.348. The van der Waals surface area contributed by atoms with Gasteiger partial charge in [-0.05, 0) is 29.8 Å². The van der Waals surface area contributed by atoms with Gasteiger partial charge in [0, 0.05) is 48.2 Å². The molecule has 0 bridgehead atoms. The summed E-state index contributed by atoms with van der Waals surface area (Å²) in [5.41, 5.74) is 2.59. The molecule has 1 aliphatic rings. The van der Waals surface area contributed by atoms with Gasteiger partial charge in [0.05, 0.1) is 5.69 Å². The number of fused-ring (bicyclic) bond motifs is 1. The van der Waals surface area contributed by atoms with Gasteiger partial charge in [0.2, 0.25) is 17.7 Å². The third-order valence-corrected chi connectivity index (χ3v) is 5.87. The third kappa shape index (κ3) is 5.86. The maximum absolute atomic E-state index is 12.6. The molecule has 0 atom stereocenters. The number of hydrogen-bond donors (Lipinski definition) is 2. The lowest BCUT2D eigenvalue weighted by Crippen LogP contribution is -2.36. The van der Waals surface area contributed by atoms with Gasteiger partial charge in [-0.1, -0.05) is 38.1 Å². The molecule has 1 heterocycles. The van der Waals surface area contributed by atoms with Crippen molar-refractivity contribution in [2.45, 2.75) is 38.1 Å². The van der Waals surface area contributed by atoms with Crippen molar-refractivity contribution < 1.29 is 14.4 Å². The second kappa shape index (κ2) is 10.3. The number of nitrogens with zero attached hydrogens (tertiary/aromatic N) is 1. The van der Waals surface area contributed by atoms with Gasteiger partial charge in [0.15, 0.2) is 0 Å². The molecule has 3 rings (SSSR count). The lowest BCUT2D eigenvalue weighted by molar-refractivity contribution is -0.125. The summed E-state index contributed by atoms with van der Waals surface area (Å²) < 4.78 is 0. The van der Waals surface area contributed by atoms with Crippen LogP contribution in [0.4, 0.5) is 11.4 Å². The summed E-state index contributed by atoms with van der Waals surface area (Å²) in [6, 6.07) is 15.2. The number of hydrogen-bond acceptors (Lipinski definition) is 4. The molecule has 1 aliphatic heterocycles. The quantitative estimate of drug-likeness (QED) is 0.707. The van der Waals surface area contributed by atoms with Gasteiger partial charge in [-0.2, -0.15) is 0 Å². The first-order chi connectivity index (χ1) is 14.4. The number of para-hydroxylation sites is 1. The summed E-state index contributed by atoms with van der Waals surface area (Å²) >= 11 is 1.75. The SMILES string of the molecule is CC(C)C(=O)Nc1ccc(CNC(=O)CCC(=O)N2CCSc3ccccc32)cc1. The number of carbonyl (C=O) groups is 3. The van der Waals surface area contributed by atoms with E-state index in [9.17, 15) is 14.4 Å². The fourth-order valence-corrected chi connectivity index (χ4v) is 4.06. The molecule has 2 N–H and O–H groups in total. The molecule has 0 saturated heterocycles. The van der Waals surface area contributed by atoms with Crippen molar-refractivity contribution in [1.29, 1.82) is 0 Å². The van der Waals surface area contributed by atoms with Crippen LogP contribution in [0, 0.1) is 5.92 Å². The van der Waals surface area contributed by atoms with Gasteiger partial charge in [0.1, 0.15) is 0 Å². The number of benzene rings is 2. The topological polar surface area (TPSA) is 78.5 Å². The Labute approximate surface area is 181 Å². The Morgan fingerprint density at radius 1 is 1.03 bits per heavy atom. The Balaban J connectivity index is 1.44. The highest BCUT2D eigenvalue weighted by atomic mass is 32.2. The van der Waals surface area contributed by atoms with Crippen LogP contribution in [0.2, 0.25) is 0 Å². The standard InChI is InChI=1S/C23H27N3O3S/c1-16(2)23(29)25-18-9-7-17(8-10-18)15-24-21(27)11-12-22(28)26-13-14-30-20-6-4-3-5-19(20)26/h3-10,16H,11-15H2,1-2H3,(H,24,27)(H,25,29). The van der Waals surface area contributed by atoms with E-state index in [1.54, 1.807) is 16.7 Å². The van der Waals surface area contributed by atoms with E-state index in [-0.39, 0.29) is 36.5 Å². The highest BCUT2D eigenvalue weighted by Crippen LogP contribution is 2.34. The van der Waals surface area contributed by atoms with Crippen molar-refractivity contribution in [2.24, 2.45) is 5.92 Å². The number of anilines is 2. The highest BCUT2D eigenvalue weighted by Gasteiger charge is 2.22. The summed E-state index contributed by atoms with van der Waals surface area (Å²) in [7, 11) is 0. The molecule has 7 heteroatoms. The van der Waals surface area contributed by atoms with E-state index < -0.39 is 0 Å². The normalized spacial score (nSPS) is 13.0. The largest absolute Gasteiger partial charge is 0.352 e. The summed E-state index contributed by atoms with van der Waals surface area (Å²) in [6.45, 7) is 4.73. The van der Waals surface area contributed by atoms with Crippen LogP contribution in [0.15, 0.2) is 53.4 Å². The van der Waals surface area contributed by atoms with Crippen molar-refractivity contribution in [2.75, 3.05) is 22.5 Å². The molecule has 2 aromatic carbocycles. The molecule has 3 amide bonds. The van der Waals surface area contributed by atoms with Gasteiger partial charge >= 0.3 is 0 Å². The molecule has 0 unspecified atom stereocenters. The van der Waals surface area contributed by atoms with Crippen molar-refractivity contribution in [3.63, 3.8) is 0 Å². The lowest BCUT2D eigenvalue weighted by atomic mass is 10.1. The van der Waals surface area contributed by atoms with Crippen molar-refractivity contribution in [1.82, 2.24) is 5.32 Å². The second-order valence-corrected chi connectivity index (χ2v) is 8.62. The van der Waals surface area contributed by atoms with E-state index in [4.69, 9.17) is 0 Å². The fourth-order valence-electron chi connectivity index (χ4n) is 3.07. The number of rotatable bonds is 7. The molecular formula is C23H27N3O3S. The molecule has 158 valence electrons. The summed E-state index contributed by atoms with van der Waals surface area (Å²) in [5, 5.41) is 5.69. The van der Waals surface area contributed by atoms with E-state index in [0.717, 1.165) is 27.6 Å². The van der Waals surface area contributed by atoms with Crippen molar-refractivity contribution in [3.05, 3.63) is 54.1 Å². The van der Waals surface area contributed by atoms with Crippen LogP contribution in [0.1, 0.15) is 32.3 Å². The number of thioether (sulfide) groups is 1. The molecule has 0 aliphatic carbocycles. The Kier molecular flexibility index (Phi) is 7.52. The Morgan fingerprint density at radius 3 is 2.50 bits per heavy atom. The Morgan fingerprint density at radius 2 is 1.77 bits per heavy atom. The van der Waals surface area contributed by atoms with Crippen LogP contribution in [-0.4, -0.2) is 30.0 Å². The zero-order valence-corrected chi connectivity index (χ0v) is 18.1. The van der Waals surface area contributed by atoms with Crippen LogP contribution >= 0.6 is 11.8 Å². The first kappa shape index (κ1) is 21.9. The Bertz CT molecular complexity index is 912. The molecule has 0 fully saturated rings. The molecule has 0 spiro atoms. The number of carbonyl (C=O) groups excluding carboxylic acids is 3. The molecule has 0 aromatic heterocycles. The maximum Gasteiger partial charge on any atom is 0.227 e. The molecular weight excluding hydrogens is 398 g/mol. The minimum atomic E-state index is -0.153. The minimum absolute atomic E-state index is 0.0249. The van der Waals surface area contributed by atoms with Crippen LogP contribution in [0.3, 0.4) is 0 Å². The van der Waals surface area contributed by atoms with E-state index in [2.05, 4.69) is 10.6 Å². The molecule has 2 aromatic rings. The van der Waals surface area contributed by atoms with Gasteiger partial charge in [-0.25, -0.2) is 0 Å². The van der Waals surface area contributed by atoms with E-state index in [1.165, 1.54) is 0 Å². The third-order valence-electron chi connectivity index (χ3n) is 4.83. The summed E-state index contributed by atoms with van der Waals surface area (Å²) in [6.07, 6.45) is 0.345. The molecule has 30 heavy (non-hydrogen) atoms. The second-order valence-electron chi connectivity index (χ2n) is 7.48. The molecule has 6 nitrogen and oxygen atoms in total. The smallest absolute Gasteiger partial charge is 0.227 e. The number of nitrogens with one attached hydrogen (secondary N) is 2. The Hall–Kier alpha value is -2.80. The van der Waals surface area contributed by atoms with Crippen LogP contribution < -0.4 is 15.5 Å². The van der Waals surface area contributed by atoms with E-state index in [0.29, 0.717) is 13.1 Å². The predicted octanol–water partition coefficient (Wildman–Crippen LogP) is 3.82. The maximum atomic E-state index is 12.6. The monoisotopic (exact) mass is 425 g/mol. The zero-order chi connectivity index (χ0) is 21.5. The average Bonchev–Trinajstić information content (AvgIpc) is 2.76. The lowest BCUT2D eigenvalue weighted by Gasteiger charge is -2.29. The van der Waals surface area contributed by atoms with Crippen molar-refractivity contribution in [3.8, 4) is 0 Å². The number of amides is 3. The summed E-state index contributed by atoms with van der Waals surface area (Å²) in [5.74, 6) is 0.575. The zero-order valence-electron chi connectivity index (χ0n) is 17.3. The van der Waals surface area contributed by atoms with Crippen LogP contribution in [0.5, 0.6) is 0 Å². The van der Waals surface area contributed by atoms with Crippen LogP contribution in [-0.2, 0) is 20.9 Å². The van der Waals surface area contributed by atoms with E-state index in [1.807, 2.05) is 62.4 Å². The van der Waals surface area contributed by atoms with Gasteiger partial charge < -0.3 is 15.5 Å². The molecule has 0 saturated carbocycles. The van der Waals surface area contributed by atoms with Crippen molar-refractivity contribution >= 4 is 40.9 Å². The first-order valence-corrected chi connectivity index (χ1v) is 11.1. The van der Waals surface area contributed by atoms with Crippen LogP contribution in [0.25, 0.3) is 0 Å². The first-order valence-electron chi connectivity index (χ1n) is 10.1. The van der Waals surface area contributed by atoms with Gasteiger partial charge in [-0.15, -0.1) is 11.8 Å². The van der Waals surface area contributed by atoms with Gasteiger partial charge in [0.25, 0.3) is 0 Å². The summed E-state index contributed by atoms with van der Waals surface area (Å²) in [4.78, 5) is 39.4. The predicted molar refractivity (Wildman–Crippen MR) is 121 cm³/mol. The van der Waals surface area contributed by atoms with Gasteiger partial charge in [-0.3, -0.25) is 14.4 Å². The highest BCUT2D eigenvalue weighted by molar-refractivity contribution is 7.99.